The zero-order chi connectivity index (χ0) is 15.8. The van der Waals surface area contributed by atoms with E-state index < -0.39 is 0 Å². The molecule has 1 saturated heterocycles. The number of nitrogens with zero attached hydrogens (tertiary/aromatic N) is 1. The van der Waals surface area contributed by atoms with E-state index in [1.807, 2.05) is 0 Å². The molecule has 0 unspecified atom stereocenters. The van der Waals surface area contributed by atoms with Crippen LogP contribution in [0.15, 0.2) is 18.2 Å². The first kappa shape index (κ1) is 16.5. The minimum absolute atomic E-state index is 0.00427. The number of nitrogens with one attached hydrogen (secondary N) is 1. The number of hydrogen-bond donors (Lipinski definition) is 1. The van der Waals surface area contributed by atoms with Crippen molar-refractivity contribution >= 4 is 11.5 Å². The molecular weight excluding hydrogens is 280 g/mol. The van der Waals surface area contributed by atoms with Crippen molar-refractivity contribution in [2.45, 2.75) is 32.3 Å². The first-order valence-corrected chi connectivity index (χ1v) is 7.69. The Hall–Kier alpha value is -1.90. The van der Waals surface area contributed by atoms with Gasteiger partial charge in [-0.1, -0.05) is 0 Å². The normalized spacial score (nSPS) is 15.3. The lowest BCUT2D eigenvalue weighted by Gasteiger charge is -2.22. The molecule has 1 fully saturated rings. The Labute approximate surface area is 131 Å². The molecule has 0 bridgehead atoms. The van der Waals surface area contributed by atoms with Crippen LogP contribution in [0.5, 0.6) is 0 Å². The fourth-order valence-electron chi connectivity index (χ4n) is 2.39. The zero-order valence-electron chi connectivity index (χ0n) is 12.9. The van der Waals surface area contributed by atoms with Gasteiger partial charge in [-0.25, -0.2) is 0 Å². The van der Waals surface area contributed by atoms with Gasteiger partial charge in [-0.2, -0.15) is 5.26 Å². The minimum atomic E-state index is -0.00427. The molecule has 118 valence electrons. The van der Waals surface area contributed by atoms with Gasteiger partial charge in [-0.3, -0.25) is 4.79 Å². The Morgan fingerprint density at radius 1 is 1.45 bits per heavy atom. The lowest BCUT2D eigenvalue weighted by molar-refractivity contribution is -0.0316. The predicted molar refractivity (Wildman–Crippen MR) is 84.1 cm³/mol. The molecule has 1 heterocycles. The van der Waals surface area contributed by atoms with Crippen LogP contribution in [0, 0.1) is 11.3 Å². The molecule has 2 rings (SSSR count). The van der Waals surface area contributed by atoms with Crippen molar-refractivity contribution in [2.75, 3.05) is 31.7 Å². The number of carbonyl (C=O) groups is 1. The summed E-state index contributed by atoms with van der Waals surface area (Å²) in [5.41, 5.74) is 1.87. The number of hydrogen-bond acceptors (Lipinski definition) is 5. The van der Waals surface area contributed by atoms with E-state index in [2.05, 4.69) is 11.4 Å². The van der Waals surface area contributed by atoms with Crippen LogP contribution in [0.2, 0.25) is 0 Å². The topological polar surface area (TPSA) is 71.4 Å². The van der Waals surface area contributed by atoms with E-state index in [9.17, 15) is 4.79 Å². The fourth-order valence-corrected chi connectivity index (χ4v) is 2.39. The zero-order valence-corrected chi connectivity index (χ0v) is 12.9. The maximum absolute atomic E-state index is 11.4. The number of ketones is 1. The molecule has 5 nitrogen and oxygen atoms in total. The second-order valence-corrected chi connectivity index (χ2v) is 5.39. The molecule has 1 aromatic rings. The Balaban J connectivity index is 1.77. The van der Waals surface area contributed by atoms with Crippen molar-refractivity contribution < 1.29 is 14.3 Å². The molecule has 0 atom stereocenters. The number of benzene rings is 1. The summed E-state index contributed by atoms with van der Waals surface area (Å²) in [6, 6.07) is 7.23. The van der Waals surface area contributed by atoms with Gasteiger partial charge < -0.3 is 14.8 Å². The molecule has 0 saturated carbocycles. The van der Waals surface area contributed by atoms with Crippen molar-refractivity contribution in [1.29, 1.82) is 5.26 Å². The fraction of sp³-hybridized carbons (Fsp3) is 0.529. The molecule has 1 aliphatic heterocycles. The van der Waals surface area contributed by atoms with E-state index in [0.717, 1.165) is 32.5 Å². The lowest BCUT2D eigenvalue weighted by atomic mass is 10.1. The second kappa shape index (κ2) is 8.52. The first-order valence-electron chi connectivity index (χ1n) is 7.69. The quantitative estimate of drug-likeness (QED) is 0.619. The van der Waals surface area contributed by atoms with E-state index in [1.165, 1.54) is 6.92 Å². The Bertz CT molecular complexity index is 545. The predicted octanol–water partition coefficient (Wildman–Crippen LogP) is 2.76. The Kier molecular flexibility index (Phi) is 6.38. The second-order valence-electron chi connectivity index (χ2n) is 5.39. The van der Waals surface area contributed by atoms with Gasteiger partial charge in [-0.05, 0) is 44.4 Å². The number of nitriles is 1. The Morgan fingerprint density at radius 2 is 2.23 bits per heavy atom. The molecule has 0 spiro atoms. The van der Waals surface area contributed by atoms with E-state index in [1.54, 1.807) is 18.2 Å². The highest BCUT2D eigenvalue weighted by Gasteiger charge is 2.13. The molecule has 22 heavy (non-hydrogen) atoms. The number of anilines is 1. The number of ether oxygens (including phenoxy) is 2. The Morgan fingerprint density at radius 3 is 2.91 bits per heavy atom. The summed E-state index contributed by atoms with van der Waals surface area (Å²) in [4.78, 5) is 11.4. The molecule has 0 amide bonds. The standard InChI is InChI=1S/C17H22N2O3/c1-13(20)14-3-4-15(12-18)17(11-14)19-7-2-8-22-16-5-9-21-10-6-16/h3-4,11,16,19H,2,5-10H2,1H3. The van der Waals surface area contributed by atoms with Crippen LogP contribution in [0.3, 0.4) is 0 Å². The van der Waals surface area contributed by atoms with Gasteiger partial charge in [0.15, 0.2) is 5.78 Å². The summed E-state index contributed by atoms with van der Waals surface area (Å²) in [5.74, 6) is -0.00427. The molecule has 1 aliphatic rings. The van der Waals surface area contributed by atoms with Crippen LogP contribution in [-0.2, 0) is 9.47 Å². The van der Waals surface area contributed by atoms with E-state index in [-0.39, 0.29) is 5.78 Å². The number of Topliss-reactive ketones (excluding diaryl/α,β-unsaturated/α-hetero) is 1. The van der Waals surface area contributed by atoms with Crippen molar-refractivity contribution in [3.8, 4) is 6.07 Å². The van der Waals surface area contributed by atoms with Crippen LogP contribution >= 0.6 is 0 Å². The highest BCUT2D eigenvalue weighted by Crippen LogP contribution is 2.17. The average molecular weight is 302 g/mol. The molecule has 1 N–H and O–H groups in total. The summed E-state index contributed by atoms with van der Waals surface area (Å²) in [5, 5.41) is 12.3. The third-order valence-electron chi connectivity index (χ3n) is 3.70. The van der Waals surface area contributed by atoms with Gasteiger partial charge in [0.2, 0.25) is 0 Å². The monoisotopic (exact) mass is 302 g/mol. The van der Waals surface area contributed by atoms with Gasteiger partial charge in [-0.15, -0.1) is 0 Å². The van der Waals surface area contributed by atoms with Gasteiger partial charge in [0.05, 0.1) is 17.4 Å². The maximum Gasteiger partial charge on any atom is 0.159 e. The van der Waals surface area contributed by atoms with E-state index >= 15 is 0 Å². The van der Waals surface area contributed by atoms with Crippen molar-refractivity contribution in [1.82, 2.24) is 0 Å². The third-order valence-corrected chi connectivity index (χ3v) is 3.70. The van der Waals surface area contributed by atoms with Gasteiger partial charge in [0.25, 0.3) is 0 Å². The van der Waals surface area contributed by atoms with Crippen LogP contribution in [-0.4, -0.2) is 38.3 Å². The van der Waals surface area contributed by atoms with E-state index in [0.29, 0.717) is 36.1 Å². The molecule has 5 heteroatoms. The number of rotatable bonds is 7. The molecule has 0 aromatic heterocycles. The molecular formula is C17H22N2O3. The first-order chi connectivity index (χ1) is 10.7. The highest BCUT2D eigenvalue weighted by atomic mass is 16.5. The summed E-state index contributed by atoms with van der Waals surface area (Å²) < 4.78 is 11.1. The van der Waals surface area contributed by atoms with Crippen molar-refractivity contribution in [2.24, 2.45) is 0 Å². The van der Waals surface area contributed by atoms with Crippen LogP contribution in [0.25, 0.3) is 0 Å². The average Bonchev–Trinajstić information content (AvgIpc) is 2.55. The maximum atomic E-state index is 11.4. The van der Waals surface area contributed by atoms with E-state index in [4.69, 9.17) is 14.7 Å². The summed E-state index contributed by atoms with van der Waals surface area (Å²) >= 11 is 0. The summed E-state index contributed by atoms with van der Waals surface area (Å²) in [7, 11) is 0. The van der Waals surface area contributed by atoms with Crippen LogP contribution in [0.4, 0.5) is 5.69 Å². The summed E-state index contributed by atoms with van der Waals surface area (Å²) in [6.45, 7) is 4.48. The van der Waals surface area contributed by atoms with Gasteiger partial charge in [0, 0.05) is 31.9 Å². The third kappa shape index (κ3) is 4.83. The summed E-state index contributed by atoms with van der Waals surface area (Å²) in [6.07, 6.45) is 3.09. The molecule has 0 aliphatic carbocycles. The van der Waals surface area contributed by atoms with Gasteiger partial charge in [0.1, 0.15) is 6.07 Å². The van der Waals surface area contributed by atoms with Gasteiger partial charge >= 0.3 is 0 Å². The largest absolute Gasteiger partial charge is 0.384 e. The van der Waals surface area contributed by atoms with Crippen molar-refractivity contribution in [3.63, 3.8) is 0 Å². The van der Waals surface area contributed by atoms with Crippen LogP contribution in [0.1, 0.15) is 42.1 Å². The highest BCUT2D eigenvalue weighted by molar-refractivity contribution is 5.95. The SMILES string of the molecule is CC(=O)c1ccc(C#N)c(NCCCOC2CCOCC2)c1. The minimum Gasteiger partial charge on any atom is -0.384 e. The van der Waals surface area contributed by atoms with Crippen LogP contribution < -0.4 is 5.32 Å². The smallest absolute Gasteiger partial charge is 0.159 e. The number of carbonyl (C=O) groups excluding carboxylic acids is 1. The lowest BCUT2D eigenvalue weighted by Crippen LogP contribution is -2.24. The molecule has 1 aromatic carbocycles. The van der Waals surface area contributed by atoms with Crippen molar-refractivity contribution in [3.05, 3.63) is 29.3 Å². The molecule has 0 radical (unpaired) electrons.